The average Bonchev–Trinajstić information content (AvgIpc) is 2.41. The molecule has 3 rings (SSSR count). The number of nitrogens with one attached hydrogen (secondary N) is 1. The molecule has 3 nitrogen and oxygen atoms in total. The number of hydrogen-bond donors (Lipinski definition) is 3. The molecule has 0 fully saturated rings. The van der Waals surface area contributed by atoms with Gasteiger partial charge in [-0.2, -0.15) is 0 Å². The summed E-state index contributed by atoms with van der Waals surface area (Å²) < 4.78 is 13.4. The van der Waals surface area contributed by atoms with Gasteiger partial charge in [0.2, 0.25) is 0 Å². The molecule has 0 aromatic heterocycles. The first-order chi connectivity index (χ1) is 9.15. The number of hydrogen-bond acceptors (Lipinski definition) is 3. The maximum atomic E-state index is 13.4. The lowest BCUT2D eigenvalue weighted by atomic mass is 9.91. The Labute approximate surface area is 110 Å². The van der Waals surface area contributed by atoms with E-state index in [0.717, 1.165) is 11.3 Å². The second-order valence-corrected chi connectivity index (χ2v) is 4.76. The number of aromatic hydroxyl groups is 1. The Kier molecular flexibility index (Phi) is 2.87. The Bertz CT molecular complexity index is 615. The first-order valence-electron chi connectivity index (χ1n) is 6.16. The minimum absolute atomic E-state index is 0.370. The van der Waals surface area contributed by atoms with Crippen molar-refractivity contribution in [3.63, 3.8) is 0 Å². The Balaban J connectivity index is 1.96. The third-order valence-electron chi connectivity index (χ3n) is 3.47. The minimum atomic E-state index is -0.676. The van der Waals surface area contributed by atoms with Gasteiger partial charge in [0.1, 0.15) is 0 Å². The number of aliphatic hydroxyl groups excluding tert-OH is 1. The molecule has 0 aliphatic carbocycles. The Morgan fingerprint density at radius 1 is 1.16 bits per heavy atom. The van der Waals surface area contributed by atoms with Crippen LogP contribution in [0.25, 0.3) is 0 Å². The molecule has 1 aliphatic heterocycles. The summed E-state index contributed by atoms with van der Waals surface area (Å²) in [7, 11) is 0. The molecule has 3 N–H and O–H groups in total. The fourth-order valence-corrected chi connectivity index (χ4v) is 2.47. The highest BCUT2D eigenvalue weighted by Gasteiger charge is 2.27. The molecular weight excluding hydrogens is 245 g/mol. The highest BCUT2D eigenvalue weighted by atomic mass is 19.1. The van der Waals surface area contributed by atoms with Gasteiger partial charge in [-0.25, -0.2) is 4.39 Å². The van der Waals surface area contributed by atoms with Gasteiger partial charge in [-0.05, 0) is 29.3 Å². The van der Waals surface area contributed by atoms with Gasteiger partial charge in [-0.15, -0.1) is 0 Å². The number of benzene rings is 2. The standard InChI is InChI=1S/C15H14FNO2/c16-11-7-10(5-6-13(11)18)15-14(19)8-9-3-1-2-4-12(9)17-15/h1-7,14-15,17-19H,8H2/t14-,15-/m0/s1. The van der Waals surface area contributed by atoms with Gasteiger partial charge in [0.15, 0.2) is 11.6 Å². The first-order valence-corrected chi connectivity index (χ1v) is 6.16. The summed E-state index contributed by atoms with van der Waals surface area (Å²) >= 11 is 0. The van der Waals surface area contributed by atoms with E-state index >= 15 is 0 Å². The smallest absolute Gasteiger partial charge is 0.165 e. The highest BCUT2D eigenvalue weighted by molar-refractivity contribution is 5.56. The van der Waals surface area contributed by atoms with Crippen LogP contribution in [0, 0.1) is 5.82 Å². The molecule has 4 heteroatoms. The molecular formula is C15H14FNO2. The Morgan fingerprint density at radius 3 is 2.74 bits per heavy atom. The monoisotopic (exact) mass is 259 g/mol. The lowest BCUT2D eigenvalue weighted by molar-refractivity contribution is 0.148. The van der Waals surface area contributed by atoms with Crippen molar-refractivity contribution in [2.45, 2.75) is 18.6 Å². The summed E-state index contributed by atoms with van der Waals surface area (Å²) in [4.78, 5) is 0. The van der Waals surface area contributed by atoms with Crippen molar-refractivity contribution in [1.29, 1.82) is 0 Å². The Hall–Kier alpha value is -2.07. The minimum Gasteiger partial charge on any atom is -0.505 e. The summed E-state index contributed by atoms with van der Waals surface area (Å²) in [5, 5.41) is 22.6. The van der Waals surface area contributed by atoms with E-state index in [1.54, 1.807) is 6.07 Å². The number of aliphatic hydroxyl groups is 1. The van der Waals surface area contributed by atoms with Crippen molar-refractivity contribution < 1.29 is 14.6 Å². The zero-order valence-corrected chi connectivity index (χ0v) is 10.2. The number of phenols is 1. The van der Waals surface area contributed by atoms with Gasteiger partial charge in [0, 0.05) is 12.1 Å². The molecule has 0 saturated heterocycles. The summed E-state index contributed by atoms with van der Waals surface area (Å²) in [6.07, 6.45) is -0.102. The van der Waals surface area contributed by atoms with Crippen LogP contribution in [-0.4, -0.2) is 16.3 Å². The lowest BCUT2D eigenvalue weighted by Gasteiger charge is -2.32. The van der Waals surface area contributed by atoms with Gasteiger partial charge in [0.05, 0.1) is 12.1 Å². The normalized spacial score (nSPS) is 21.6. The predicted octanol–water partition coefficient (Wildman–Crippen LogP) is 2.60. The van der Waals surface area contributed by atoms with Crippen molar-refractivity contribution >= 4 is 5.69 Å². The summed E-state index contributed by atoms with van der Waals surface area (Å²) in [5.41, 5.74) is 2.62. The summed E-state index contributed by atoms with van der Waals surface area (Å²) in [5.74, 6) is -1.06. The first kappa shape index (κ1) is 12.0. The van der Waals surface area contributed by atoms with Crippen molar-refractivity contribution in [3.8, 4) is 5.75 Å². The molecule has 0 bridgehead atoms. The van der Waals surface area contributed by atoms with Gasteiger partial charge in [-0.3, -0.25) is 0 Å². The largest absolute Gasteiger partial charge is 0.505 e. The molecule has 2 aromatic carbocycles. The number of para-hydroxylation sites is 1. The zero-order valence-electron chi connectivity index (χ0n) is 10.2. The number of anilines is 1. The molecule has 2 atom stereocenters. The fraction of sp³-hybridized carbons (Fsp3) is 0.200. The van der Waals surface area contributed by atoms with Crippen LogP contribution in [0.4, 0.5) is 10.1 Å². The van der Waals surface area contributed by atoms with E-state index in [1.807, 2.05) is 24.3 Å². The van der Waals surface area contributed by atoms with E-state index in [-0.39, 0.29) is 11.8 Å². The van der Waals surface area contributed by atoms with E-state index in [2.05, 4.69) is 5.32 Å². The zero-order chi connectivity index (χ0) is 13.4. The second kappa shape index (κ2) is 4.55. The highest BCUT2D eigenvalue weighted by Crippen LogP contribution is 2.33. The van der Waals surface area contributed by atoms with Gasteiger partial charge in [-0.1, -0.05) is 24.3 Å². The molecule has 0 saturated carbocycles. The van der Waals surface area contributed by atoms with Crippen LogP contribution in [-0.2, 0) is 6.42 Å². The molecule has 0 amide bonds. The number of halogens is 1. The van der Waals surface area contributed by atoms with Crippen LogP contribution in [0.5, 0.6) is 5.75 Å². The molecule has 0 radical (unpaired) electrons. The van der Waals surface area contributed by atoms with E-state index in [9.17, 15) is 14.6 Å². The average molecular weight is 259 g/mol. The van der Waals surface area contributed by atoms with Gasteiger partial charge < -0.3 is 15.5 Å². The second-order valence-electron chi connectivity index (χ2n) is 4.76. The van der Waals surface area contributed by atoms with E-state index in [0.29, 0.717) is 12.0 Å². The van der Waals surface area contributed by atoms with Crippen LogP contribution in [0.1, 0.15) is 17.2 Å². The molecule has 2 aromatic rings. The van der Waals surface area contributed by atoms with Crippen LogP contribution in [0.3, 0.4) is 0 Å². The van der Waals surface area contributed by atoms with Gasteiger partial charge >= 0.3 is 0 Å². The quantitative estimate of drug-likeness (QED) is 0.738. The van der Waals surface area contributed by atoms with Crippen LogP contribution in [0.2, 0.25) is 0 Å². The van der Waals surface area contributed by atoms with Crippen molar-refractivity contribution in [2.75, 3.05) is 5.32 Å². The third kappa shape index (κ3) is 2.15. The topological polar surface area (TPSA) is 52.5 Å². The summed E-state index contributed by atoms with van der Waals surface area (Å²) in [6.45, 7) is 0. The fourth-order valence-electron chi connectivity index (χ4n) is 2.47. The molecule has 1 aliphatic rings. The molecule has 1 heterocycles. The number of rotatable bonds is 1. The lowest BCUT2D eigenvalue weighted by Crippen LogP contribution is -2.32. The SMILES string of the molecule is Oc1ccc([C@@H]2Nc3ccccc3C[C@@H]2O)cc1F. The number of fused-ring (bicyclic) bond motifs is 1. The van der Waals surface area contributed by atoms with Gasteiger partial charge in [0.25, 0.3) is 0 Å². The van der Waals surface area contributed by atoms with Crippen molar-refractivity contribution in [3.05, 3.63) is 59.4 Å². The van der Waals surface area contributed by atoms with Crippen LogP contribution >= 0.6 is 0 Å². The molecule has 0 unspecified atom stereocenters. The summed E-state index contributed by atoms with van der Waals surface area (Å²) in [6, 6.07) is 11.5. The van der Waals surface area contributed by atoms with E-state index < -0.39 is 11.9 Å². The predicted molar refractivity (Wildman–Crippen MR) is 70.6 cm³/mol. The van der Waals surface area contributed by atoms with E-state index in [4.69, 9.17) is 0 Å². The Morgan fingerprint density at radius 2 is 1.95 bits per heavy atom. The van der Waals surface area contributed by atoms with Crippen molar-refractivity contribution in [2.24, 2.45) is 0 Å². The molecule has 19 heavy (non-hydrogen) atoms. The maximum absolute atomic E-state index is 13.4. The van der Waals surface area contributed by atoms with E-state index in [1.165, 1.54) is 12.1 Å². The maximum Gasteiger partial charge on any atom is 0.165 e. The van der Waals surface area contributed by atoms with Crippen LogP contribution in [0.15, 0.2) is 42.5 Å². The third-order valence-corrected chi connectivity index (χ3v) is 3.47. The molecule has 0 spiro atoms. The molecule has 98 valence electrons. The number of phenolic OH excluding ortho intramolecular Hbond substituents is 1. The van der Waals surface area contributed by atoms with Crippen molar-refractivity contribution in [1.82, 2.24) is 0 Å². The van der Waals surface area contributed by atoms with Crippen LogP contribution < -0.4 is 5.32 Å².